The molecule has 0 aromatic heterocycles. The van der Waals surface area contributed by atoms with Crippen LogP contribution in [0.25, 0.3) is 0 Å². The van der Waals surface area contributed by atoms with Gasteiger partial charge < -0.3 is 26.2 Å². The maximum Gasteiger partial charge on any atom is 0.313 e. The lowest BCUT2D eigenvalue weighted by molar-refractivity contribution is -0.906. The van der Waals surface area contributed by atoms with Crippen LogP contribution in [0.3, 0.4) is 0 Å². The van der Waals surface area contributed by atoms with Gasteiger partial charge in [0.2, 0.25) is 0 Å². The lowest BCUT2D eigenvalue weighted by Gasteiger charge is -2.32. The van der Waals surface area contributed by atoms with Crippen LogP contribution in [0, 0.1) is 19.8 Å². The van der Waals surface area contributed by atoms with E-state index in [4.69, 9.17) is 4.74 Å². The van der Waals surface area contributed by atoms with E-state index in [-0.39, 0.29) is 34.8 Å². The molecule has 0 bridgehead atoms. The first-order valence-corrected chi connectivity index (χ1v) is 9.35. The molecule has 2 atom stereocenters. The highest BCUT2D eigenvalue weighted by Crippen LogP contribution is 2.29. The van der Waals surface area contributed by atoms with Crippen molar-refractivity contribution in [3.63, 3.8) is 0 Å². The molecule has 0 radical (unpaired) electrons. The van der Waals surface area contributed by atoms with Gasteiger partial charge in [-0.1, -0.05) is 38.5 Å². The smallest absolute Gasteiger partial charge is 0.313 e. The zero-order valence-electron chi connectivity index (χ0n) is 17.1. The van der Waals surface area contributed by atoms with E-state index >= 15 is 0 Å². The molecule has 0 N–H and O–H groups in total. The van der Waals surface area contributed by atoms with Gasteiger partial charge in [-0.15, -0.1) is 0 Å². The van der Waals surface area contributed by atoms with Crippen molar-refractivity contribution >= 4 is 5.97 Å². The number of hydrogen-bond acceptors (Lipinski definition) is 2. The number of esters is 1. The summed E-state index contributed by atoms with van der Waals surface area (Å²) >= 11 is 0. The Kier molecular flexibility index (Phi) is 10.6. The SMILES string of the molecule is CCC(C)C(C(=O)OCC[N+](C)(CC)CC)c1ccc(C)c(C)c1.[Br-]. The molecule has 0 aliphatic rings. The Morgan fingerprint density at radius 1 is 1.12 bits per heavy atom. The lowest BCUT2D eigenvalue weighted by atomic mass is 9.84. The van der Waals surface area contributed by atoms with Crippen LogP contribution >= 0.6 is 0 Å². The quantitative estimate of drug-likeness (QED) is 0.452. The largest absolute Gasteiger partial charge is 1.00 e. The predicted molar refractivity (Wildman–Crippen MR) is 101 cm³/mol. The van der Waals surface area contributed by atoms with E-state index < -0.39 is 0 Å². The maximum atomic E-state index is 12.8. The number of carbonyl (C=O) groups excluding carboxylic acids is 1. The fraction of sp³-hybridized carbons (Fsp3) is 0.667. The molecule has 0 aliphatic carbocycles. The third kappa shape index (κ3) is 6.74. The average Bonchev–Trinajstić information content (AvgIpc) is 2.57. The Hall–Kier alpha value is -0.870. The first-order chi connectivity index (χ1) is 11.3. The van der Waals surface area contributed by atoms with E-state index in [1.165, 1.54) is 11.1 Å². The third-order valence-electron chi connectivity index (χ3n) is 5.76. The Bertz CT molecular complexity index is 541. The standard InChI is InChI=1S/C21H36NO2.BrH/c1-8-16(4)20(19-12-11-17(5)18(6)15-19)21(23)24-14-13-22(7,9-2)10-3;/h11-12,15-16,20H,8-10,13-14H2,1-7H3;1H/q+1;/p-1. The summed E-state index contributed by atoms with van der Waals surface area (Å²) in [5, 5.41) is 0. The molecule has 0 saturated carbocycles. The van der Waals surface area contributed by atoms with Crippen molar-refractivity contribution in [1.82, 2.24) is 0 Å². The van der Waals surface area contributed by atoms with E-state index in [2.05, 4.69) is 66.8 Å². The number of nitrogens with zero attached hydrogens (tertiary/aromatic N) is 1. The van der Waals surface area contributed by atoms with Gasteiger partial charge in [0.25, 0.3) is 0 Å². The van der Waals surface area contributed by atoms with Crippen molar-refractivity contribution in [3.8, 4) is 0 Å². The highest BCUT2D eigenvalue weighted by atomic mass is 79.9. The van der Waals surface area contributed by atoms with Gasteiger partial charge in [0, 0.05) is 0 Å². The van der Waals surface area contributed by atoms with Crippen LogP contribution in [0.5, 0.6) is 0 Å². The van der Waals surface area contributed by atoms with Crippen LogP contribution < -0.4 is 17.0 Å². The molecule has 1 aromatic carbocycles. The van der Waals surface area contributed by atoms with Crippen molar-refractivity contribution < 1.29 is 31.0 Å². The first-order valence-electron chi connectivity index (χ1n) is 9.35. The molecule has 0 heterocycles. The van der Waals surface area contributed by atoms with Gasteiger partial charge in [-0.25, -0.2) is 0 Å². The zero-order valence-corrected chi connectivity index (χ0v) is 18.6. The second-order valence-corrected chi connectivity index (χ2v) is 7.35. The molecule has 0 aliphatic heterocycles. The molecule has 0 fully saturated rings. The van der Waals surface area contributed by atoms with Gasteiger partial charge in [-0.2, -0.15) is 0 Å². The zero-order chi connectivity index (χ0) is 18.3. The number of carbonyl (C=O) groups is 1. The number of likely N-dealkylation sites (N-methyl/N-ethyl adjacent to an activating group) is 1. The molecule has 1 rings (SSSR count). The van der Waals surface area contributed by atoms with Crippen molar-refractivity contribution in [2.24, 2.45) is 5.92 Å². The van der Waals surface area contributed by atoms with Crippen molar-refractivity contribution in [2.75, 3.05) is 33.3 Å². The fourth-order valence-corrected chi connectivity index (χ4v) is 2.89. The van der Waals surface area contributed by atoms with Gasteiger partial charge in [0.1, 0.15) is 13.2 Å². The summed E-state index contributed by atoms with van der Waals surface area (Å²) in [6.45, 7) is 16.3. The molecule has 0 amide bonds. The van der Waals surface area contributed by atoms with Crippen LogP contribution in [0.2, 0.25) is 0 Å². The number of rotatable bonds is 9. The van der Waals surface area contributed by atoms with Gasteiger partial charge >= 0.3 is 5.97 Å². The summed E-state index contributed by atoms with van der Waals surface area (Å²) < 4.78 is 6.63. The van der Waals surface area contributed by atoms with Crippen LogP contribution in [-0.4, -0.2) is 43.7 Å². The van der Waals surface area contributed by atoms with E-state index in [1.54, 1.807) is 0 Å². The maximum absolute atomic E-state index is 12.8. The van der Waals surface area contributed by atoms with Gasteiger partial charge in [-0.3, -0.25) is 4.79 Å². The predicted octanol–water partition coefficient (Wildman–Crippen LogP) is 1.47. The minimum Gasteiger partial charge on any atom is -1.00 e. The minimum absolute atomic E-state index is 0. The molecule has 3 nitrogen and oxygen atoms in total. The van der Waals surface area contributed by atoms with Gasteiger partial charge in [0.05, 0.1) is 26.1 Å². The minimum atomic E-state index is -0.170. The highest BCUT2D eigenvalue weighted by Gasteiger charge is 2.28. The van der Waals surface area contributed by atoms with Crippen molar-refractivity contribution in [1.29, 1.82) is 0 Å². The molecular formula is C21H36BrNO2. The Labute approximate surface area is 165 Å². The molecule has 0 saturated heterocycles. The Morgan fingerprint density at radius 2 is 1.72 bits per heavy atom. The molecule has 144 valence electrons. The van der Waals surface area contributed by atoms with E-state index in [9.17, 15) is 4.79 Å². The summed E-state index contributed by atoms with van der Waals surface area (Å²) in [6.07, 6.45) is 0.963. The van der Waals surface area contributed by atoms with Crippen LogP contribution in [0.1, 0.15) is 56.7 Å². The fourth-order valence-electron chi connectivity index (χ4n) is 2.89. The number of aryl methyl sites for hydroxylation is 2. The number of halogens is 1. The van der Waals surface area contributed by atoms with E-state index in [0.717, 1.165) is 36.1 Å². The number of ether oxygens (including phenoxy) is 1. The topological polar surface area (TPSA) is 26.3 Å². The lowest BCUT2D eigenvalue weighted by Crippen LogP contribution is -3.00. The number of benzene rings is 1. The van der Waals surface area contributed by atoms with Crippen molar-refractivity contribution in [3.05, 3.63) is 34.9 Å². The second-order valence-electron chi connectivity index (χ2n) is 7.35. The molecule has 0 spiro atoms. The normalized spacial score (nSPS) is 13.7. The average molecular weight is 414 g/mol. The Morgan fingerprint density at radius 3 is 2.20 bits per heavy atom. The summed E-state index contributed by atoms with van der Waals surface area (Å²) in [4.78, 5) is 12.8. The molecular weight excluding hydrogens is 378 g/mol. The Balaban J connectivity index is 0.00000576. The first kappa shape index (κ1) is 24.1. The van der Waals surface area contributed by atoms with Crippen LogP contribution in [0.15, 0.2) is 18.2 Å². The van der Waals surface area contributed by atoms with Gasteiger partial charge in [0.15, 0.2) is 0 Å². The summed E-state index contributed by atoms with van der Waals surface area (Å²) in [5.41, 5.74) is 3.57. The number of quaternary nitrogens is 1. The van der Waals surface area contributed by atoms with E-state index in [1.807, 2.05) is 0 Å². The molecule has 2 unspecified atom stereocenters. The third-order valence-corrected chi connectivity index (χ3v) is 5.76. The van der Waals surface area contributed by atoms with Crippen LogP contribution in [-0.2, 0) is 9.53 Å². The second kappa shape index (κ2) is 11.0. The van der Waals surface area contributed by atoms with Gasteiger partial charge in [-0.05, 0) is 50.3 Å². The van der Waals surface area contributed by atoms with Crippen LogP contribution in [0.4, 0.5) is 0 Å². The summed E-state index contributed by atoms with van der Waals surface area (Å²) in [5.74, 6) is 0.0282. The van der Waals surface area contributed by atoms with E-state index in [0.29, 0.717) is 6.61 Å². The highest BCUT2D eigenvalue weighted by molar-refractivity contribution is 5.78. The summed E-state index contributed by atoms with van der Waals surface area (Å²) in [7, 11) is 2.21. The summed E-state index contributed by atoms with van der Waals surface area (Å²) in [6, 6.07) is 6.33. The molecule has 1 aromatic rings. The number of hydrogen-bond donors (Lipinski definition) is 0. The molecule has 25 heavy (non-hydrogen) atoms. The monoisotopic (exact) mass is 413 g/mol. The van der Waals surface area contributed by atoms with Crippen molar-refractivity contribution in [2.45, 2.75) is 53.9 Å². The molecule has 4 heteroatoms.